The lowest BCUT2D eigenvalue weighted by Crippen LogP contribution is -2.66. The molecule has 558 valence electrons. The number of hydrogen-bond acceptors (Lipinski definition) is 18. The Bertz CT molecular complexity index is 1700. The van der Waals surface area contributed by atoms with E-state index in [1.807, 2.05) is 0 Å². The quantitative estimate of drug-likeness (QED) is 0.0252. The second kappa shape index (κ2) is 57.4. The van der Waals surface area contributed by atoms with Crippen LogP contribution in [0.15, 0.2) is 0 Å². The first-order chi connectivity index (χ1) is 45.8. The number of nitrogens with one attached hydrogen (secondary N) is 1. The molecule has 0 radical (unpaired) electrons. The zero-order valence-electron chi connectivity index (χ0n) is 59.5. The van der Waals surface area contributed by atoms with E-state index in [9.17, 15) is 61.0 Å². The van der Waals surface area contributed by atoms with Gasteiger partial charge in [-0.15, -0.1) is 0 Å². The van der Waals surface area contributed by atoms with Crippen LogP contribution in [0, 0.1) is 0 Å². The number of unbranched alkanes of at least 4 members (excludes halogenated alkanes) is 47. The third kappa shape index (κ3) is 38.0. The average Bonchev–Trinajstić information content (AvgIpc) is 0.789. The predicted octanol–water partition coefficient (Wildman–Crippen LogP) is 12.2. The van der Waals surface area contributed by atoms with E-state index in [0.717, 1.165) is 44.9 Å². The molecule has 3 fully saturated rings. The summed E-state index contributed by atoms with van der Waals surface area (Å²) >= 11 is 0. The summed E-state index contributed by atoms with van der Waals surface area (Å²) in [6.07, 6.45) is 38.2. The van der Waals surface area contributed by atoms with Gasteiger partial charge in [0.25, 0.3) is 0 Å². The molecule has 17 unspecified atom stereocenters. The maximum absolute atomic E-state index is 13.4. The highest BCUT2D eigenvalue weighted by Crippen LogP contribution is 2.33. The third-order valence-corrected chi connectivity index (χ3v) is 20.2. The lowest BCUT2D eigenvalue weighted by Gasteiger charge is -2.48. The minimum absolute atomic E-state index is 0.236. The second-order valence-electron chi connectivity index (χ2n) is 28.5. The zero-order valence-corrected chi connectivity index (χ0v) is 59.5. The van der Waals surface area contributed by atoms with Gasteiger partial charge in [0.15, 0.2) is 18.9 Å². The molecular weight excluding hydrogens is 1200 g/mol. The molecule has 0 saturated carbocycles. The summed E-state index contributed by atoms with van der Waals surface area (Å²) in [4.78, 5) is 13.4. The van der Waals surface area contributed by atoms with E-state index >= 15 is 0 Å². The lowest BCUT2D eigenvalue weighted by atomic mass is 9.96. The molecule has 94 heavy (non-hydrogen) atoms. The molecule has 0 spiro atoms. The third-order valence-electron chi connectivity index (χ3n) is 20.2. The Balaban J connectivity index is 1.26. The van der Waals surface area contributed by atoms with E-state index < -0.39 is 124 Å². The predicted molar refractivity (Wildman–Crippen MR) is 370 cm³/mol. The molecule has 3 aliphatic heterocycles. The number of aliphatic hydroxyl groups excluding tert-OH is 11. The molecule has 3 rings (SSSR count). The van der Waals surface area contributed by atoms with Crippen LogP contribution < -0.4 is 5.32 Å². The number of carbonyl (C=O) groups excluding carboxylic acids is 1. The van der Waals surface area contributed by atoms with Gasteiger partial charge in [-0.1, -0.05) is 322 Å². The van der Waals surface area contributed by atoms with Gasteiger partial charge in [0.05, 0.1) is 38.6 Å². The second-order valence-corrected chi connectivity index (χ2v) is 28.5. The van der Waals surface area contributed by atoms with Gasteiger partial charge in [-0.3, -0.25) is 4.79 Å². The van der Waals surface area contributed by atoms with Gasteiger partial charge in [0.2, 0.25) is 5.91 Å². The van der Waals surface area contributed by atoms with E-state index in [2.05, 4.69) is 19.2 Å². The van der Waals surface area contributed by atoms with Crippen LogP contribution in [-0.2, 0) is 33.2 Å². The monoisotopic (exact) mass is 1350 g/mol. The van der Waals surface area contributed by atoms with Crippen molar-refractivity contribution >= 4 is 5.91 Å². The average molecular weight is 1350 g/mol. The Morgan fingerprint density at radius 1 is 0.340 bits per heavy atom. The van der Waals surface area contributed by atoms with Crippen LogP contribution >= 0.6 is 0 Å². The lowest BCUT2D eigenvalue weighted by molar-refractivity contribution is -0.379. The number of amides is 1. The summed E-state index contributed by atoms with van der Waals surface area (Å²) in [7, 11) is 0. The fourth-order valence-corrected chi connectivity index (χ4v) is 13.8. The molecule has 3 saturated heterocycles. The van der Waals surface area contributed by atoms with Gasteiger partial charge < -0.3 is 89.9 Å². The minimum Gasteiger partial charge on any atom is -0.394 e. The van der Waals surface area contributed by atoms with E-state index in [0.29, 0.717) is 12.8 Å². The maximum atomic E-state index is 13.4. The first-order valence-corrected chi connectivity index (χ1v) is 39.3. The highest BCUT2D eigenvalue weighted by Gasteiger charge is 2.54. The van der Waals surface area contributed by atoms with Crippen LogP contribution in [0.2, 0.25) is 0 Å². The molecule has 3 heterocycles. The van der Waals surface area contributed by atoms with Crippen molar-refractivity contribution in [2.45, 2.75) is 446 Å². The standard InChI is InChI=1S/C75H145NO18/c1-3-5-7-9-11-13-15-16-17-18-19-20-21-22-23-24-25-26-27-28-29-30-31-32-33-34-35-36-37-38-39-40-41-43-45-47-49-51-53-63(81)76-58(59(80)52-50-48-46-44-42-14-12-10-8-6-4-2)57-89-73-69(87)66(84)71(61(55-78)91-73)94-75-70(88)67(85)72(62(56-79)92-75)93-74-68(86)65(83)64(82)60(54-77)90-74/h58-62,64-75,77-80,82-88H,3-57H2,1-2H3,(H,76,81). The van der Waals surface area contributed by atoms with Crippen molar-refractivity contribution in [3.05, 3.63) is 0 Å². The smallest absolute Gasteiger partial charge is 0.220 e. The van der Waals surface area contributed by atoms with Crippen molar-refractivity contribution in [1.82, 2.24) is 5.32 Å². The number of hydrogen-bond donors (Lipinski definition) is 12. The van der Waals surface area contributed by atoms with E-state index in [1.54, 1.807) is 0 Å². The fourth-order valence-electron chi connectivity index (χ4n) is 13.8. The van der Waals surface area contributed by atoms with Gasteiger partial charge in [-0.2, -0.15) is 0 Å². The highest BCUT2D eigenvalue weighted by atomic mass is 16.8. The topological polar surface area (TPSA) is 307 Å². The molecule has 19 nitrogen and oxygen atoms in total. The van der Waals surface area contributed by atoms with E-state index in [-0.39, 0.29) is 18.9 Å². The van der Waals surface area contributed by atoms with Crippen LogP contribution in [0.3, 0.4) is 0 Å². The summed E-state index contributed by atoms with van der Waals surface area (Å²) in [5.41, 5.74) is 0. The summed E-state index contributed by atoms with van der Waals surface area (Å²) in [6, 6.07) is -0.881. The number of aliphatic hydroxyl groups is 11. The zero-order chi connectivity index (χ0) is 68.2. The highest BCUT2D eigenvalue weighted by molar-refractivity contribution is 5.76. The Hall–Kier alpha value is -1.21. The van der Waals surface area contributed by atoms with Crippen LogP contribution in [0.5, 0.6) is 0 Å². The van der Waals surface area contributed by atoms with Crippen LogP contribution in [0.25, 0.3) is 0 Å². The molecule has 0 aromatic rings. The van der Waals surface area contributed by atoms with Crippen molar-refractivity contribution < 1.29 is 89.4 Å². The van der Waals surface area contributed by atoms with Crippen molar-refractivity contribution in [2.24, 2.45) is 0 Å². The molecule has 12 N–H and O–H groups in total. The molecule has 1 amide bonds. The summed E-state index contributed by atoms with van der Waals surface area (Å²) < 4.78 is 34.4. The number of ether oxygens (including phenoxy) is 6. The Morgan fingerprint density at radius 3 is 0.926 bits per heavy atom. The molecule has 17 atom stereocenters. The van der Waals surface area contributed by atoms with Crippen LogP contribution in [-0.4, -0.2) is 193 Å². The van der Waals surface area contributed by atoms with Crippen LogP contribution in [0.1, 0.15) is 341 Å². The van der Waals surface area contributed by atoms with Gasteiger partial charge in [-0.25, -0.2) is 0 Å². The molecule has 0 aromatic carbocycles. The van der Waals surface area contributed by atoms with Gasteiger partial charge in [0, 0.05) is 6.42 Å². The largest absolute Gasteiger partial charge is 0.394 e. The van der Waals surface area contributed by atoms with E-state index in [1.165, 1.54) is 263 Å². The van der Waals surface area contributed by atoms with Crippen molar-refractivity contribution in [2.75, 3.05) is 26.4 Å². The minimum atomic E-state index is -1.97. The summed E-state index contributed by atoms with van der Waals surface area (Å²) in [5, 5.41) is 121. The molecule has 19 heteroatoms. The first-order valence-electron chi connectivity index (χ1n) is 39.3. The Kier molecular flexibility index (Phi) is 53.1. The van der Waals surface area contributed by atoms with Gasteiger partial charge in [0.1, 0.15) is 73.2 Å². The molecular formula is C75H145NO18. The molecule has 3 aliphatic rings. The first kappa shape index (κ1) is 87.0. The number of carbonyl (C=O) groups is 1. The normalized spacial score (nSPS) is 27.3. The molecule has 0 aliphatic carbocycles. The molecule has 0 aromatic heterocycles. The van der Waals surface area contributed by atoms with Crippen LogP contribution in [0.4, 0.5) is 0 Å². The fraction of sp³-hybridized carbons (Fsp3) is 0.987. The van der Waals surface area contributed by atoms with E-state index in [4.69, 9.17) is 28.4 Å². The summed E-state index contributed by atoms with van der Waals surface area (Å²) in [6.45, 7) is 1.83. The van der Waals surface area contributed by atoms with Crippen molar-refractivity contribution in [3.8, 4) is 0 Å². The SMILES string of the molecule is CCCCCCCCCCCCCCCCCCCCCCCCCCCCCCCCCCCCCCCCC(=O)NC(COC1OC(CO)C(OC2OC(CO)C(OC3OC(CO)C(O)C(O)C3O)C(O)C2O)C(O)C1O)C(O)CCCCCCCCCCCCC. The maximum Gasteiger partial charge on any atom is 0.220 e. The number of rotatable bonds is 63. The Labute approximate surface area is 570 Å². The van der Waals surface area contributed by atoms with Gasteiger partial charge >= 0.3 is 0 Å². The van der Waals surface area contributed by atoms with Gasteiger partial charge in [-0.05, 0) is 12.8 Å². The Morgan fingerprint density at radius 2 is 0.606 bits per heavy atom. The van der Waals surface area contributed by atoms with Crippen molar-refractivity contribution in [1.29, 1.82) is 0 Å². The van der Waals surface area contributed by atoms with Crippen molar-refractivity contribution in [3.63, 3.8) is 0 Å². The molecule has 0 bridgehead atoms. The summed E-state index contributed by atoms with van der Waals surface area (Å²) in [5.74, 6) is -0.236.